The number of non-ortho nitro benzene ring substituents is 2. The Bertz CT molecular complexity index is 1600. The molecule has 3 aliphatic rings. The number of carbonyl (C=O) groups excluding carboxylic acids is 3. The number of nitrogens with zero attached hydrogens (tertiary/aromatic N) is 4. The van der Waals surface area contributed by atoms with Crippen LogP contribution in [0.4, 0.5) is 17.1 Å². The number of hydrogen-bond donors (Lipinski definition) is 0. The van der Waals surface area contributed by atoms with E-state index in [0.29, 0.717) is 0 Å². The van der Waals surface area contributed by atoms with Crippen LogP contribution in [-0.2, 0) is 9.59 Å². The van der Waals surface area contributed by atoms with Crippen molar-refractivity contribution in [1.29, 1.82) is 0 Å². The second-order valence-electron chi connectivity index (χ2n) is 9.29. The third-order valence-corrected chi connectivity index (χ3v) is 7.37. The first-order chi connectivity index (χ1) is 18.3. The van der Waals surface area contributed by atoms with Crippen molar-refractivity contribution in [2.75, 3.05) is 4.90 Å². The van der Waals surface area contributed by atoms with Crippen LogP contribution in [0.3, 0.4) is 0 Å². The molecule has 2 fully saturated rings. The second-order valence-corrected chi connectivity index (χ2v) is 9.29. The third-order valence-electron chi connectivity index (χ3n) is 7.37. The summed E-state index contributed by atoms with van der Waals surface area (Å²) in [6, 6.07) is 16.1. The molecule has 0 spiro atoms. The average Bonchev–Trinajstić information content (AvgIpc) is 3.40. The fourth-order valence-corrected chi connectivity index (χ4v) is 5.80. The summed E-state index contributed by atoms with van der Waals surface area (Å²) in [7, 11) is 0. The Hall–Kier alpha value is -5.19. The molecule has 3 heterocycles. The first-order valence-corrected chi connectivity index (χ1v) is 11.7. The molecule has 11 heteroatoms. The molecule has 3 aromatic rings. The van der Waals surface area contributed by atoms with E-state index in [1.807, 2.05) is 18.2 Å². The van der Waals surface area contributed by atoms with Crippen LogP contribution in [0.25, 0.3) is 6.08 Å². The molecule has 3 aromatic carbocycles. The standard InChI is InChI=1S/C27H18N4O7/c32-25(16-6-3-8-18(13-16)30(35)36)24-22-21(23-20-10-2-1-5-15(20)11-12-28(23)24)26(33)29(27(22)34)17-7-4-9-19(14-17)31(37)38/h1-14,21-24H/t21-,22+,23-,24-/m0/s1. The van der Waals surface area contributed by atoms with Crippen molar-refractivity contribution >= 4 is 40.7 Å². The fourth-order valence-electron chi connectivity index (χ4n) is 5.80. The van der Waals surface area contributed by atoms with Crippen LogP contribution >= 0.6 is 0 Å². The van der Waals surface area contributed by atoms with Crippen molar-refractivity contribution in [3.05, 3.63) is 116 Å². The van der Waals surface area contributed by atoms with Crippen LogP contribution < -0.4 is 4.90 Å². The maximum absolute atomic E-state index is 13.9. The summed E-state index contributed by atoms with van der Waals surface area (Å²) in [5.41, 5.74) is 1.15. The summed E-state index contributed by atoms with van der Waals surface area (Å²) >= 11 is 0. The summed E-state index contributed by atoms with van der Waals surface area (Å²) in [6.45, 7) is 0. The minimum absolute atomic E-state index is 0.0462. The van der Waals surface area contributed by atoms with Crippen molar-refractivity contribution in [1.82, 2.24) is 4.90 Å². The Morgan fingerprint density at radius 3 is 2.18 bits per heavy atom. The number of carbonyl (C=O) groups is 3. The van der Waals surface area contributed by atoms with Gasteiger partial charge in [0.15, 0.2) is 5.78 Å². The monoisotopic (exact) mass is 510 g/mol. The van der Waals surface area contributed by atoms with Crippen LogP contribution in [0.5, 0.6) is 0 Å². The SMILES string of the molecule is O=C(c1cccc([N+](=O)[O-])c1)[C@@H]1[C@@H]2C(=O)N(c3cccc([N+](=O)[O-])c3)C(=O)[C@@H]2[C@@H]2c3ccccc3C=CN12. The molecule has 4 atom stereocenters. The van der Waals surface area contributed by atoms with E-state index in [1.54, 1.807) is 23.2 Å². The Labute approximate surface area is 214 Å². The van der Waals surface area contributed by atoms with Gasteiger partial charge < -0.3 is 4.90 Å². The summed E-state index contributed by atoms with van der Waals surface area (Å²) < 4.78 is 0. The molecule has 6 rings (SSSR count). The van der Waals surface area contributed by atoms with Crippen LogP contribution in [0, 0.1) is 32.1 Å². The van der Waals surface area contributed by atoms with Crippen molar-refractivity contribution in [2.45, 2.75) is 12.1 Å². The zero-order valence-corrected chi connectivity index (χ0v) is 19.5. The lowest BCUT2D eigenvalue weighted by Crippen LogP contribution is -2.44. The number of amides is 2. The van der Waals surface area contributed by atoms with Gasteiger partial charge in [0.2, 0.25) is 11.8 Å². The Kier molecular flexibility index (Phi) is 5.16. The van der Waals surface area contributed by atoms with E-state index in [-0.39, 0.29) is 22.6 Å². The van der Waals surface area contributed by atoms with Crippen LogP contribution in [0.2, 0.25) is 0 Å². The molecule has 38 heavy (non-hydrogen) atoms. The number of Topliss-reactive ketones (excluding diaryl/α,β-unsaturated/α-hetero) is 1. The minimum Gasteiger partial charge on any atom is -0.358 e. The Balaban J connectivity index is 1.49. The highest BCUT2D eigenvalue weighted by molar-refractivity contribution is 6.24. The highest BCUT2D eigenvalue weighted by atomic mass is 16.6. The van der Waals surface area contributed by atoms with Gasteiger partial charge in [0, 0.05) is 36.0 Å². The zero-order valence-electron chi connectivity index (χ0n) is 19.5. The van der Waals surface area contributed by atoms with Gasteiger partial charge >= 0.3 is 0 Å². The van der Waals surface area contributed by atoms with E-state index >= 15 is 0 Å². The van der Waals surface area contributed by atoms with Gasteiger partial charge in [-0.05, 0) is 23.3 Å². The number of fused-ring (bicyclic) bond motifs is 5. The molecule has 0 saturated carbocycles. The quantitative estimate of drug-likeness (QED) is 0.218. The molecule has 11 nitrogen and oxygen atoms in total. The van der Waals surface area contributed by atoms with Gasteiger partial charge in [-0.15, -0.1) is 0 Å². The highest BCUT2D eigenvalue weighted by Crippen LogP contribution is 2.53. The Morgan fingerprint density at radius 2 is 1.45 bits per heavy atom. The maximum atomic E-state index is 13.9. The van der Waals surface area contributed by atoms with Gasteiger partial charge in [0.1, 0.15) is 6.04 Å². The average molecular weight is 510 g/mol. The normalized spacial score (nSPS) is 23.2. The fraction of sp³-hybridized carbons (Fsp3) is 0.148. The van der Waals surface area contributed by atoms with E-state index < -0.39 is 51.4 Å². The minimum atomic E-state index is -1.11. The number of anilines is 1. The number of rotatable bonds is 5. The van der Waals surface area contributed by atoms with Gasteiger partial charge in [-0.3, -0.25) is 34.6 Å². The summed E-state index contributed by atoms with van der Waals surface area (Å²) in [6.07, 6.45) is 3.48. The topological polar surface area (TPSA) is 144 Å². The number of ketones is 1. The van der Waals surface area contributed by atoms with Crippen LogP contribution in [0.15, 0.2) is 79.0 Å². The van der Waals surface area contributed by atoms with Gasteiger partial charge in [0.25, 0.3) is 11.4 Å². The molecule has 2 amide bonds. The predicted molar refractivity (Wildman–Crippen MR) is 134 cm³/mol. The van der Waals surface area contributed by atoms with E-state index in [1.165, 1.54) is 36.4 Å². The molecule has 0 bridgehead atoms. The molecule has 188 valence electrons. The van der Waals surface area contributed by atoms with Crippen molar-refractivity contribution in [2.24, 2.45) is 11.8 Å². The molecule has 0 aromatic heterocycles. The highest BCUT2D eigenvalue weighted by Gasteiger charge is 2.64. The number of nitro benzene ring substituents is 2. The number of imide groups is 1. The van der Waals surface area contributed by atoms with Crippen molar-refractivity contribution in [3.8, 4) is 0 Å². The van der Waals surface area contributed by atoms with Crippen molar-refractivity contribution in [3.63, 3.8) is 0 Å². The van der Waals surface area contributed by atoms with Gasteiger partial charge in [-0.1, -0.05) is 42.5 Å². The smallest absolute Gasteiger partial charge is 0.271 e. The van der Waals surface area contributed by atoms with E-state index in [4.69, 9.17) is 0 Å². The molecule has 0 unspecified atom stereocenters. The number of nitro groups is 2. The lowest BCUT2D eigenvalue weighted by molar-refractivity contribution is -0.385. The third kappa shape index (κ3) is 3.32. The zero-order chi connectivity index (χ0) is 26.7. The summed E-state index contributed by atoms with van der Waals surface area (Å²) in [4.78, 5) is 65.7. The molecule has 0 N–H and O–H groups in total. The largest absolute Gasteiger partial charge is 0.358 e. The second kappa shape index (κ2) is 8.44. The summed E-state index contributed by atoms with van der Waals surface area (Å²) in [5, 5.41) is 22.7. The van der Waals surface area contributed by atoms with E-state index in [9.17, 15) is 34.6 Å². The first kappa shape index (κ1) is 23.2. The molecule has 2 saturated heterocycles. The van der Waals surface area contributed by atoms with Gasteiger partial charge in [-0.25, -0.2) is 4.90 Å². The molecule has 0 radical (unpaired) electrons. The molecular weight excluding hydrogens is 492 g/mol. The lowest BCUT2D eigenvalue weighted by atomic mass is 9.83. The van der Waals surface area contributed by atoms with Crippen LogP contribution in [-0.4, -0.2) is 38.4 Å². The number of hydrogen-bond acceptors (Lipinski definition) is 8. The van der Waals surface area contributed by atoms with Crippen LogP contribution in [0.1, 0.15) is 27.5 Å². The van der Waals surface area contributed by atoms with Gasteiger partial charge in [-0.2, -0.15) is 0 Å². The molecule has 3 aliphatic heterocycles. The summed E-state index contributed by atoms with van der Waals surface area (Å²) in [5.74, 6) is -3.79. The van der Waals surface area contributed by atoms with Gasteiger partial charge in [0.05, 0.1) is 33.4 Å². The molecule has 0 aliphatic carbocycles. The lowest BCUT2D eigenvalue weighted by Gasteiger charge is -2.35. The maximum Gasteiger partial charge on any atom is 0.271 e. The van der Waals surface area contributed by atoms with Crippen molar-refractivity contribution < 1.29 is 24.2 Å². The Morgan fingerprint density at radius 1 is 0.789 bits per heavy atom. The predicted octanol–water partition coefficient (Wildman–Crippen LogP) is 3.90. The first-order valence-electron chi connectivity index (χ1n) is 11.7. The van der Waals surface area contributed by atoms with E-state index in [2.05, 4.69) is 0 Å². The van der Waals surface area contributed by atoms with E-state index in [0.717, 1.165) is 28.2 Å². The number of benzene rings is 3. The molecular formula is C27H18N4O7.